The van der Waals surface area contributed by atoms with Crippen LogP contribution in [0.3, 0.4) is 0 Å². The molecule has 0 nitrogen and oxygen atoms in total. The fourth-order valence-electron chi connectivity index (χ4n) is 2.35. The number of fused-ring (bicyclic) bond motifs is 1. The highest BCUT2D eigenvalue weighted by molar-refractivity contribution is 7.97. The Morgan fingerprint density at radius 1 is 1.30 bits per heavy atom. The van der Waals surface area contributed by atoms with Crippen molar-refractivity contribution in [1.29, 1.82) is 0 Å². The van der Waals surface area contributed by atoms with Crippen LogP contribution in [0.2, 0.25) is 0 Å². The van der Waals surface area contributed by atoms with Crippen LogP contribution < -0.4 is 0 Å². The van der Waals surface area contributed by atoms with Gasteiger partial charge < -0.3 is 0 Å². The molecule has 2 aliphatic rings. The molecular weight excluding hydrogens is 140 g/mol. The van der Waals surface area contributed by atoms with Crippen molar-refractivity contribution in [3.63, 3.8) is 0 Å². The van der Waals surface area contributed by atoms with E-state index in [1.807, 2.05) is 0 Å². The van der Waals surface area contributed by atoms with E-state index in [1.54, 1.807) is 24.3 Å². The molecule has 2 saturated heterocycles. The average molecular weight is 157 g/mol. The summed E-state index contributed by atoms with van der Waals surface area (Å²) in [6.45, 7) is 2.44. The Morgan fingerprint density at radius 3 is 3.00 bits per heavy atom. The van der Waals surface area contributed by atoms with Gasteiger partial charge in [0.05, 0.1) is 0 Å². The third kappa shape index (κ3) is 1.20. The summed E-state index contributed by atoms with van der Waals surface area (Å²) in [5.41, 5.74) is 0. The van der Waals surface area contributed by atoms with Gasteiger partial charge in [0.25, 0.3) is 0 Å². The minimum Gasteiger partial charge on any atom is -0.0578 e. The zero-order valence-corrected chi connectivity index (χ0v) is 7.62. The van der Waals surface area contributed by atoms with Crippen LogP contribution in [0.1, 0.15) is 32.6 Å². The van der Waals surface area contributed by atoms with Crippen molar-refractivity contribution in [2.75, 3.05) is 11.5 Å². The van der Waals surface area contributed by atoms with Gasteiger partial charge in [-0.3, -0.25) is 0 Å². The lowest BCUT2D eigenvalue weighted by atomic mass is 10.0. The first-order valence-corrected chi connectivity index (χ1v) is 6.15. The fraction of sp³-hybridized carbons (Fsp3) is 1.00. The Kier molecular flexibility index (Phi) is 1.94. The van der Waals surface area contributed by atoms with Crippen LogP contribution in [0.15, 0.2) is 0 Å². The Balaban J connectivity index is 1.97. The van der Waals surface area contributed by atoms with Crippen LogP contribution in [0, 0.1) is 5.92 Å². The molecule has 0 aliphatic carbocycles. The molecule has 2 aliphatic heterocycles. The molecule has 1 heteroatoms. The maximum absolute atomic E-state index is 2.44. The predicted octanol–water partition coefficient (Wildman–Crippen LogP) is 2.20. The highest BCUT2D eigenvalue weighted by Gasteiger charge is 2.41. The Bertz CT molecular complexity index is 108. The topological polar surface area (TPSA) is 0 Å². The smallest absolute Gasteiger partial charge is 0.0578 e. The second kappa shape index (κ2) is 2.77. The Labute approximate surface area is 66.7 Å². The molecule has 0 saturated carbocycles. The predicted molar refractivity (Wildman–Crippen MR) is 48.5 cm³/mol. The van der Waals surface area contributed by atoms with Crippen molar-refractivity contribution in [1.82, 2.24) is 0 Å². The molecule has 0 aromatic rings. The zero-order valence-electron chi connectivity index (χ0n) is 6.81. The Hall–Kier alpha value is 0.350. The van der Waals surface area contributed by atoms with Gasteiger partial charge in [0.2, 0.25) is 0 Å². The van der Waals surface area contributed by atoms with Gasteiger partial charge in [-0.1, -0.05) is 6.92 Å². The van der Waals surface area contributed by atoms with Crippen molar-refractivity contribution in [3.05, 3.63) is 0 Å². The summed E-state index contributed by atoms with van der Waals surface area (Å²) in [6, 6.07) is 0. The van der Waals surface area contributed by atoms with Gasteiger partial charge in [0.15, 0.2) is 0 Å². The summed E-state index contributed by atoms with van der Waals surface area (Å²) in [7, 11) is 0.885. The number of hydrogen-bond acceptors (Lipinski definition) is 0. The molecule has 3 atom stereocenters. The maximum Gasteiger partial charge on any atom is 0.118 e. The number of rotatable bonds is 0. The standard InChI is InChI=1S/C9H17S/c1-8-6-9-4-2-3-5-10(9)7-8/h8-9H,2-7H2,1H3/q+1/t8-,9+,10?/m0/s1. The first kappa shape index (κ1) is 7.02. The molecule has 2 heterocycles. The van der Waals surface area contributed by atoms with Gasteiger partial charge in [0, 0.05) is 12.3 Å². The van der Waals surface area contributed by atoms with Gasteiger partial charge >= 0.3 is 0 Å². The normalized spacial score (nSPS) is 47.1. The minimum absolute atomic E-state index is 0.885. The first-order chi connectivity index (χ1) is 4.86. The van der Waals surface area contributed by atoms with Gasteiger partial charge in [0.1, 0.15) is 16.8 Å². The van der Waals surface area contributed by atoms with E-state index in [1.165, 1.54) is 18.1 Å². The van der Waals surface area contributed by atoms with E-state index in [0.29, 0.717) is 0 Å². The Morgan fingerprint density at radius 2 is 2.20 bits per heavy atom. The van der Waals surface area contributed by atoms with Gasteiger partial charge in [-0.05, 0) is 30.2 Å². The summed E-state index contributed by atoms with van der Waals surface area (Å²) >= 11 is 0. The molecular formula is C9H17S+. The highest BCUT2D eigenvalue weighted by atomic mass is 32.2. The zero-order chi connectivity index (χ0) is 6.97. The molecule has 1 unspecified atom stereocenters. The largest absolute Gasteiger partial charge is 0.118 e. The molecule has 0 bridgehead atoms. The van der Waals surface area contributed by atoms with Gasteiger partial charge in [-0.2, -0.15) is 0 Å². The summed E-state index contributed by atoms with van der Waals surface area (Å²) in [5.74, 6) is 4.21. The van der Waals surface area contributed by atoms with E-state index in [2.05, 4.69) is 6.92 Å². The van der Waals surface area contributed by atoms with E-state index in [-0.39, 0.29) is 0 Å². The van der Waals surface area contributed by atoms with Crippen molar-refractivity contribution in [2.24, 2.45) is 5.92 Å². The number of hydrogen-bond donors (Lipinski definition) is 0. The van der Waals surface area contributed by atoms with Crippen LogP contribution in [-0.4, -0.2) is 16.8 Å². The van der Waals surface area contributed by atoms with Crippen LogP contribution in [0.25, 0.3) is 0 Å². The summed E-state index contributed by atoms with van der Waals surface area (Å²) < 4.78 is 0. The second-order valence-electron chi connectivity index (χ2n) is 3.87. The fourth-order valence-corrected chi connectivity index (χ4v) is 5.66. The lowest BCUT2D eigenvalue weighted by molar-refractivity contribution is 0.567. The van der Waals surface area contributed by atoms with Crippen molar-refractivity contribution >= 4 is 10.9 Å². The van der Waals surface area contributed by atoms with Gasteiger partial charge in [-0.15, -0.1) is 0 Å². The van der Waals surface area contributed by atoms with Crippen LogP contribution >= 0.6 is 0 Å². The van der Waals surface area contributed by atoms with E-state index < -0.39 is 0 Å². The average Bonchev–Trinajstić information content (AvgIpc) is 2.27. The van der Waals surface area contributed by atoms with Crippen LogP contribution in [-0.2, 0) is 10.9 Å². The molecule has 0 radical (unpaired) electrons. The summed E-state index contributed by atoms with van der Waals surface area (Å²) in [6.07, 6.45) is 6.18. The van der Waals surface area contributed by atoms with E-state index in [4.69, 9.17) is 0 Å². The molecule has 10 heavy (non-hydrogen) atoms. The SMILES string of the molecule is C[C@H]1C[C@H]2CCCC[S+]2C1. The molecule has 0 spiro atoms. The summed E-state index contributed by atoms with van der Waals surface area (Å²) in [4.78, 5) is 0. The molecule has 58 valence electrons. The minimum atomic E-state index is 0.885. The van der Waals surface area contributed by atoms with Crippen LogP contribution in [0.5, 0.6) is 0 Å². The molecule has 0 N–H and O–H groups in total. The molecule has 2 fully saturated rings. The third-order valence-electron chi connectivity index (χ3n) is 2.82. The quantitative estimate of drug-likeness (QED) is 0.473. The highest BCUT2D eigenvalue weighted by Crippen LogP contribution is 2.34. The molecule has 2 rings (SSSR count). The van der Waals surface area contributed by atoms with E-state index in [9.17, 15) is 0 Å². The molecule has 0 aromatic carbocycles. The van der Waals surface area contributed by atoms with Crippen molar-refractivity contribution in [2.45, 2.75) is 37.9 Å². The van der Waals surface area contributed by atoms with Gasteiger partial charge in [-0.25, -0.2) is 0 Å². The first-order valence-electron chi connectivity index (χ1n) is 4.52. The van der Waals surface area contributed by atoms with E-state index in [0.717, 1.165) is 16.8 Å². The van der Waals surface area contributed by atoms with Crippen molar-refractivity contribution < 1.29 is 0 Å². The van der Waals surface area contributed by atoms with Crippen LogP contribution in [0.4, 0.5) is 0 Å². The molecule has 0 aromatic heterocycles. The lowest BCUT2D eigenvalue weighted by Gasteiger charge is -2.15. The lowest BCUT2D eigenvalue weighted by Crippen LogP contribution is -2.24. The summed E-state index contributed by atoms with van der Waals surface area (Å²) in [5, 5.41) is 1.17. The third-order valence-corrected chi connectivity index (χ3v) is 6.00. The molecule has 0 amide bonds. The van der Waals surface area contributed by atoms with Crippen molar-refractivity contribution in [3.8, 4) is 0 Å². The maximum atomic E-state index is 2.44. The second-order valence-corrected chi connectivity index (χ2v) is 6.35. The van der Waals surface area contributed by atoms with E-state index >= 15 is 0 Å². The monoisotopic (exact) mass is 157 g/mol.